The van der Waals surface area contributed by atoms with E-state index in [2.05, 4.69) is 20.2 Å². The molecule has 0 bridgehead atoms. The molecule has 0 saturated carbocycles. The lowest BCUT2D eigenvalue weighted by molar-refractivity contribution is 0.498. The van der Waals surface area contributed by atoms with Gasteiger partial charge in [-0.15, -0.1) is 0 Å². The van der Waals surface area contributed by atoms with Crippen molar-refractivity contribution in [3.8, 4) is 0 Å². The van der Waals surface area contributed by atoms with Crippen LogP contribution in [0, 0.1) is 0 Å². The maximum Gasteiger partial charge on any atom is 0.240 e. The highest BCUT2D eigenvalue weighted by molar-refractivity contribution is 7.89. The third-order valence-corrected chi connectivity index (χ3v) is 5.65. The molecular formula is C18H16Cl2N4O3S. The molecule has 0 aliphatic carbocycles. The van der Waals surface area contributed by atoms with Crippen molar-refractivity contribution in [1.29, 1.82) is 0 Å². The number of pyridine rings is 1. The van der Waals surface area contributed by atoms with E-state index < -0.39 is 10.0 Å². The van der Waals surface area contributed by atoms with Crippen LogP contribution in [0.25, 0.3) is 0 Å². The van der Waals surface area contributed by atoms with Crippen molar-refractivity contribution in [2.75, 3.05) is 5.43 Å². The SMILES string of the molecule is C/C(=N/Nc1ncc(Cl)cc1Cl)c1ccc(S(=O)(=O)NCc2ccco2)cc1. The van der Waals surface area contributed by atoms with Crippen LogP contribution in [0.1, 0.15) is 18.2 Å². The Morgan fingerprint density at radius 2 is 1.96 bits per heavy atom. The van der Waals surface area contributed by atoms with Crippen molar-refractivity contribution in [2.45, 2.75) is 18.4 Å². The highest BCUT2D eigenvalue weighted by Crippen LogP contribution is 2.22. The number of benzene rings is 1. The quantitative estimate of drug-likeness (QED) is 0.423. The van der Waals surface area contributed by atoms with Crippen molar-refractivity contribution < 1.29 is 12.8 Å². The van der Waals surface area contributed by atoms with Crippen LogP contribution in [0.3, 0.4) is 0 Å². The van der Waals surface area contributed by atoms with Gasteiger partial charge in [0, 0.05) is 6.20 Å². The van der Waals surface area contributed by atoms with E-state index in [4.69, 9.17) is 27.6 Å². The molecule has 0 amide bonds. The number of sulfonamides is 1. The summed E-state index contributed by atoms with van der Waals surface area (Å²) in [6.45, 7) is 1.85. The van der Waals surface area contributed by atoms with Crippen molar-refractivity contribution in [2.24, 2.45) is 5.10 Å². The van der Waals surface area contributed by atoms with E-state index in [0.29, 0.717) is 27.3 Å². The minimum Gasteiger partial charge on any atom is -0.468 e. The Kier molecular flexibility index (Phi) is 6.35. The Bertz CT molecular complexity index is 1080. The van der Waals surface area contributed by atoms with Gasteiger partial charge < -0.3 is 4.42 Å². The van der Waals surface area contributed by atoms with Gasteiger partial charge in [-0.1, -0.05) is 35.3 Å². The van der Waals surface area contributed by atoms with E-state index in [-0.39, 0.29) is 11.4 Å². The largest absolute Gasteiger partial charge is 0.468 e. The van der Waals surface area contributed by atoms with Gasteiger partial charge in [0.1, 0.15) is 5.76 Å². The van der Waals surface area contributed by atoms with Crippen LogP contribution in [0.15, 0.2) is 69.3 Å². The van der Waals surface area contributed by atoms with Crippen LogP contribution < -0.4 is 10.1 Å². The standard InChI is InChI=1S/C18H16Cl2N4O3S/c1-12(23-24-18-17(20)9-14(19)10-21-18)13-4-6-16(7-5-13)28(25,26)22-11-15-3-2-8-27-15/h2-10,22H,11H2,1H3,(H,21,24)/b23-12-. The summed E-state index contributed by atoms with van der Waals surface area (Å²) in [7, 11) is -3.65. The molecule has 0 aliphatic heterocycles. The van der Waals surface area contributed by atoms with Gasteiger partial charge >= 0.3 is 0 Å². The molecule has 7 nitrogen and oxygen atoms in total. The molecule has 3 aromatic rings. The first-order valence-electron chi connectivity index (χ1n) is 8.09. The Labute approximate surface area is 172 Å². The molecule has 28 heavy (non-hydrogen) atoms. The molecule has 0 saturated heterocycles. The van der Waals surface area contributed by atoms with Gasteiger partial charge in [0.25, 0.3) is 0 Å². The van der Waals surface area contributed by atoms with Gasteiger partial charge in [0.2, 0.25) is 10.0 Å². The molecular weight excluding hydrogens is 423 g/mol. The smallest absolute Gasteiger partial charge is 0.240 e. The van der Waals surface area contributed by atoms with Gasteiger partial charge in [-0.05, 0) is 42.8 Å². The van der Waals surface area contributed by atoms with E-state index >= 15 is 0 Å². The first-order valence-corrected chi connectivity index (χ1v) is 10.3. The van der Waals surface area contributed by atoms with Crippen LogP contribution in [-0.4, -0.2) is 19.1 Å². The normalized spacial score (nSPS) is 12.2. The number of aromatic nitrogens is 1. The average molecular weight is 439 g/mol. The van der Waals surface area contributed by atoms with E-state index in [9.17, 15) is 8.42 Å². The number of hydrazone groups is 1. The number of nitrogens with zero attached hydrogens (tertiary/aromatic N) is 2. The molecule has 10 heteroatoms. The lowest BCUT2D eigenvalue weighted by Crippen LogP contribution is -2.23. The molecule has 0 fully saturated rings. The number of anilines is 1. The Morgan fingerprint density at radius 1 is 1.21 bits per heavy atom. The zero-order chi connectivity index (χ0) is 20.1. The highest BCUT2D eigenvalue weighted by atomic mass is 35.5. The van der Waals surface area contributed by atoms with E-state index in [1.165, 1.54) is 24.6 Å². The van der Waals surface area contributed by atoms with E-state index in [1.807, 2.05) is 0 Å². The lowest BCUT2D eigenvalue weighted by Gasteiger charge is -2.07. The Balaban J connectivity index is 1.68. The summed E-state index contributed by atoms with van der Waals surface area (Å²) in [6, 6.07) is 11.3. The van der Waals surface area contributed by atoms with Gasteiger partial charge in [-0.2, -0.15) is 5.10 Å². The fourth-order valence-corrected chi connectivity index (χ4v) is 3.65. The van der Waals surface area contributed by atoms with E-state index in [0.717, 1.165) is 5.56 Å². The molecule has 2 N–H and O–H groups in total. The highest BCUT2D eigenvalue weighted by Gasteiger charge is 2.14. The fraction of sp³-hybridized carbons (Fsp3) is 0.111. The number of hydrogen-bond acceptors (Lipinski definition) is 6. The maximum atomic E-state index is 12.4. The van der Waals surface area contributed by atoms with E-state index in [1.54, 1.807) is 37.3 Å². The third kappa shape index (κ3) is 5.11. The van der Waals surface area contributed by atoms with Crippen LogP contribution >= 0.6 is 23.2 Å². The molecule has 1 aromatic carbocycles. The van der Waals surface area contributed by atoms with Crippen LogP contribution in [0.2, 0.25) is 10.0 Å². The van der Waals surface area contributed by atoms with Crippen molar-refractivity contribution in [3.63, 3.8) is 0 Å². The van der Waals surface area contributed by atoms with Crippen molar-refractivity contribution >= 4 is 44.8 Å². The van der Waals surface area contributed by atoms with Gasteiger partial charge in [-0.25, -0.2) is 18.1 Å². The van der Waals surface area contributed by atoms with Gasteiger partial charge in [0.15, 0.2) is 5.82 Å². The second-order valence-corrected chi connectivity index (χ2v) is 8.33. The molecule has 2 aromatic heterocycles. The summed E-state index contributed by atoms with van der Waals surface area (Å²) in [4.78, 5) is 4.20. The second-order valence-electron chi connectivity index (χ2n) is 5.72. The molecule has 0 aliphatic rings. The minimum atomic E-state index is -3.65. The number of furan rings is 1. The molecule has 0 atom stereocenters. The topological polar surface area (TPSA) is 96.6 Å². The first-order chi connectivity index (χ1) is 13.3. The zero-order valence-electron chi connectivity index (χ0n) is 14.7. The van der Waals surface area contributed by atoms with Crippen LogP contribution in [0.5, 0.6) is 0 Å². The number of rotatable bonds is 7. The van der Waals surface area contributed by atoms with Gasteiger partial charge in [-0.3, -0.25) is 5.43 Å². The van der Waals surface area contributed by atoms with Gasteiger partial charge in [0.05, 0.1) is 33.5 Å². The molecule has 0 spiro atoms. The fourth-order valence-electron chi connectivity index (χ4n) is 2.24. The van der Waals surface area contributed by atoms with Crippen molar-refractivity contribution in [3.05, 3.63) is 76.3 Å². The molecule has 0 radical (unpaired) electrons. The molecule has 2 heterocycles. The summed E-state index contributed by atoms with van der Waals surface area (Å²) < 4.78 is 32.3. The summed E-state index contributed by atoms with van der Waals surface area (Å²) in [5.41, 5.74) is 4.13. The number of halogens is 2. The monoisotopic (exact) mass is 438 g/mol. The summed E-state index contributed by atoms with van der Waals surface area (Å²) in [6.07, 6.45) is 2.94. The van der Waals surface area contributed by atoms with Crippen LogP contribution in [0.4, 0.5) is 5.82 Å². The maximum absolute atomic E-state index is 12.4. The minimum absolute atomic E-state index is 0.0797. The summed E-state index contributed by atoms with van der Waals surface area (Å²) in [5.74, 6) is 0.899. The molecule has 146 valence electrons. The Morgan fingerprint density at radius 3 is 2.61 bits per heavy atom. The molecule has 3 rings (SSSR count). The second kappa shape index (κ2) is 8.74. The number of nitrogens with one attached hydrogen (secondary N) is 2. The predicted octanol–water partition coefficient (Wildman–Crippen LogP) is 4.30. The first kappa shape index (κ1) is 20.3. The summed E-state index contributed by atoms with van der Waals surface area (Å²) >= 11 is 11.8. The summed E-state index contributed by atoms with van der Waals surface area (Å²) in [5, 5.41) is 4.98. The zero-order valence-corrected chi connectivity index (χ0v) is 17.0. The molecule has 0 unspecified atom stereocenters. The van der Waals surface area contributed by atoms with Crippen molar-refractivity contribution in [1.82, 2.24) is 9.71 Å². The van der Waals surface area contributed by atoms with Crippen LogP contribution in [-0.2, 0) is 16.6 Å². The lowest BCUT2D eigenvalue weighted by atomic mass is 10.1. The third-order valence-electron chi connectivity index (χ3n) is 3.74. The predicted molar refractivity (Wildman–Crippen MR) is 109 cm³/mol. The average Bonchev–Trinajstić information content (AvgIpc) is 3.19. The Hall–Kier alpha value is -2.39. The number of hydrogen-bond donors (Lipinski definition) is 2.